The zero-order chi connectivity index (χ0) is 11.2. The second-order valence-corrected chi connectivity index (χ2v) is 3.65. The number of hydrogen-bond donors (Lipinski definition) is 0. The van der Waals surface area contributed by atoms with Crippen LogP contribution < -0.4 is 0 Å². The Kier molecular flexibility index (Phi) is 2.03. The molecule has 0 saturated heterocycles. The molecule has 0 aliphatic carbocycles. The van der Waals surface area contributed by atoms with E-state index in [1.54, 1.807) is 11.6 Å². The second kappa shape index (κ2) is 3.02. The minimum atomic E-state index is -4.27. The molecule has 0 aliphatic rings. The molecular formula is C11H10F3N. The van der Waals surface area contributed by atoms with Gasteiger partial charge in [-0.3, -0.25) is 0 Å². The Labute approximate surface area is 85.1 Å². The molecule has 0 radical (unpaired) electrons. The molecule has 1 aromatic carbocycles. The summed E-state index contributed by atoms with van der Waals surface area (Å²) in [5, 5.41) is 0.866. The molecule has 0 saturated carbocycles. The Balaban J connectivity index is 2.71. The van der Waals surface area contributed by atoms with Gasteiger partial charge in [0.1, 0.15) is 0 Å². The predicted octanol–water partition coefficient (Wildman–Crippen LogP) is 3.51. The first kappa shape index (κ1) is 10.1. The summed E-state index contributed by atoms with van der Waals surface area (Å²) in [5.74, 6) is 0. The first-order valence-electron chi connectivity index (χ1n) is 4.52. The van der Waals surface area contributed by atoms with Gasteiger partial charge in [-0.05, 0) is 24.6 Å². The lowest BCUT2D eigenvalue weighted by atomic mass is 10.1. The van der Waals surface area contributed by atoms with E-state index in [4.69, 9.17) is 0 Å². The molecule has 0 unspecified atom stereocenters. The molecule has 0 amide bonds. The molecule has 80 valence electrons. The average Bonchev–Trinajstić information content (AvgIpc) is 2.41. The van der Waals surface area contributed by atoms with E-state index in [0.717, 1.165) is 17.0 Å². The van der Waals surface area contributed by atoms with Gasteiger partial charge < -0.3 is 4.57 Å². The minimum absolute atomic E-state index is 0.601. The summed E-state index contributed by atoms with van der Waals surface area (Å²) in [6.45, 7) is 1.88. The Hall–Kier alpha value is -1.45. The Morgan fingerprint density at radius 3 is 2.47 bits per heavy atom. The zero-order valence-electron chi connectivity index (χ0n) is 8.39. The van der Waals surface area contributed by atoms with Crippen LogP contribution in [0.5, 0.6) is 0 Å². The number of halogens is 3. The summed E-state index contributed by atoms with van der Waals surface area (Å²) < 4.78 is 39.0. The van der Waals surface area contributed by atoms with Gasteiger partial charge in [-0.1, -0.05) is 6.07 Å². The van der Waals surface area contributed by atoms with Gasteiger partial charge in [0.2, 0.25) is 0 Å². The lowest BCUT2D eigenvalue weighted by Gasteiger charge is -2.06. The molecular weight excluding hydrogens is 203 g/mol. The third kappa shape index (κ3) is 1.60. The quantitative estimate of drug-likeness (QED) is 0.631. The van der Waals surface area contributed by atoms with Crippen LogP contribution >= 0.6 is 0 Å². The fourth-order valence-electron chi connectivity index (χ4n) is 1.76. The number of alkyl halides is 3. The smallest absolute Gasteiger partial charge is 0.350 e. The van der Waals surface area contributed by atoms with E-state index >= 15 is 0 Å². The Morgan fingerprint density at radius 1 is 1.20 bits per heavy atom. The standard InChI is InChI=1S/C11H10F3N/c1-7-6-15(2)10-5-8(11(12,13)14)3-4-9(7)10/h3-6H,1-2H3. The molecule has 1 aromatic heterocycles. The predicted molar refractivity (Wildman–Crippen MR) is 52.7 cm³/mol. The van der Waals surface area contributed by atoms with Gasteiger partial charge in [-0.2, -0.15) is 13.2 Å². The zero-order valence-corrected chi connectivity index (χ0v) is 8.39. The highest BCUT2D eigenvalue weighted by Crippen LogP contribution is 2.32. The molecule has 15 heavy (non-hydrogen) atoms. The normalized spacial score (nSPS) is 12.3. The monoisotopic (exact) mass is 213 g/mol. The van der Waals surface area contributed by atoms with Gasteiger partial charge in [-0.25, -0.2) is 0 Å². The molecule has 0 spiro atoms. The molecule has 0 bridgehead atoms. The average molecular weight is 213 g/mol. The van der Waals surface area contributed by atoms with Crippen molar-refractivity contribution in [3.05, 3.63) is 35.5 Å². The van der Waals surface area contributed by atoms with Gasteiger partial charge in [0, 0.05) is 24.1 Å². The van der Waals surface area contributed by atoms with Crippen LogP contribution in [0.4, 0.5) is 13.2 Å². The van der Waals surface area contributed by atoms with Gasteiger partial charge in [0.05, 0.1) is 5.56 Å². The third-order valence-electron chi connectivity index (χ3n) is 2.52. The summed E-state index contributed by atoms with van der Waals surface area (Å²) in [6.07, 6.45) is -2.45. The van der Waals surface area contributed by atoms with Gasteiger partial charge in [-0.15, -0.1) is 0 Å². The van der Waals surface area contributed by atoms with Crippen molar-refractivity contribution in [1.29, 1.82) is 0 Å². The van der Waals surface area contributed by atoms with Crippen molar-refractivity contribution in [2.24, 2.45) is 7.05 Å². The molecule has 0 aliphatic heterocycles. The van der Waals surface area contributed by atoms with E-state index in [2.05, 4.69) is 0 Å². The van der Waals surface area contributed by atoms with E-state index in [1.165, 1.54) is 12.1 Å². The van der Waals surface area contributed by atoms with Crippen LogP contribution in [0.1, 0.15) is 11.1 Å². The van der Waals surface area contributed by atoms with Crippen molar-refractivity contribution < 1.29 is 13.2 Å². The fourth-order valence-corrected chi connectivity index (χ4v) is 1.76. The summed E-state index contributed by atoms with van der Waals surface area (Å²) in [6, 6.07) is 3.82. The van der Waals surface area contributed by atoms with Crippen LogP contribution in [0.15, 0.2) is 24.4 Å². The number of benzene rings is 1. The maximum atomic E-state index is 12.4. The van der Waals surface area contributed by atoms with Crippen molar-refractivity contribution in [2.45, 2.75) is 13.1 Å². The van der Waals surface area contributed by atoms with Crippen molar-refractivity contribution in [3.63, 3.8) is 0 Å². The first-order chi connectivity index (χ1) is 6.89. The number of fused-ring (bicyclic) bond motifs is 1. The lowest BCUT2D eigenvalue weighted by molar-refractivity contribution is -0.137. The molecule has 0 N–H and O–H groups in total. The Bertz CT molecular complexity index is 508. The summed E-state index contributed by atoms with van der Waals surface area (Å²) in [7, 11) is 1.75. The molecule has 2 aromatic rings. The van der Waals surface area contributed by atoms with Gasteiger partial charge in [0.25, 0.3) is 0 Å². The highest BCUT2D eigenvalue weighted by Gasteiger charge is 2.30. The number of rotatable bonds is 0. The highest BCUT2D eigenvalue weighted by atomic mass is 19.4. The van der Waals surface area contributed by atoms with E-state index in [9.17, 15) is 13.2 Å². The second-order valence-electron chi connectivity index (χ2n) is 3.65. The van der Waals surface area contributed by atoms with E-state index in [-0.39, 0.29) is 0 Å². The van der Waals surface area contributed by atoms with Crippen LogP contribution in [-0.2, 0) is 13.2 Å². The number of nitrogens with zero attached hydrogens (tertiary/aromatic N) is 1. The van der Waals surface area contributed by atoms with Crippen molar-refractivity contribution >= 4 is 10.9 Å². The lowest BCUT2D eigenvalue weighted by Crippen LogP contribution is -2.04. The molecule has 0 fully saturated rings. The van der Waals surface area contributed by atoms with Gasteiger partial charge >= 0.3 is 6.18 Å². The van der Waals surface area contributed by atoms with E-state index < -0.39 is 11.7 Å². The fraction of sp³-hybridized carbons (Fsp3) is 0.273. The van der Waals surface area contributed by atoms with Crippen LogP contribution in [0.2, 0.25) is 0 Å². The summed E-state index contributed by atoms with van der Waals surface area (Å²) in [5.41, 5.74) is 1.000. The molecule has 1 nitrogen and oxygen atoms in total. The van der Waals surface area contributed by atoms with Crippen molar-refractivity contribution in [2.75, 3.05) is 0 Å². The third-order valence-corrected chi connectivity index (χ3v) is 2.52. The van der Waals surface area contributed by atoms with E-state index in [0.29, 0.717) is 5.52 Å². The SMILES string of the molecule is Cc1cn(C)c2cc(C(F)(F)F)ccc12. The molecule has 2 rings (SSSR count). The molecule has 4 heteroatoms. The largest absolute Gasteiger partial charge is 0.416 e. The van der Waals surface area contributed by atoms with E-state index in [1.807, 2.05) is 13.1 Å². The summed E-state index contributed by atoms with van der Waals surface area (Å²) >= 11 is 0. The van der Waals surface area contributed by atoms with Crippen LogP contribution in [0, 0.1) is 6.92 Å². The maximum absolute atomic E-state index is 12.4. The number of hydrogen-bond acceptors (Lipinski definition) is 0. The van der Waals surface area contributed by atoms with Crippen LogP contribution in [0.25, 0.3) is 10.9 Å². The Morgan fingerprint density at radius 2 is 1.87 bits per heavy atom. The number of aromatic nitrogens is 1. The van der Waals surface area contributed by atoms with Gasteiger partial charge in [0.15, 0.2) is 0 Å². The number of aryl methyl sites for hydroxylation is 2. The molecule has 0 atom stereocenters. The molecule has 1 heterocycles. The first-order valence-corrected chi connectivity index (χ1v) is 4.52. The van der Waals surface area contributed by atoms with Crippen LogP contribution in [0.3, 0.4) is 0 Å². The van der Waals surface area contributed by atoms with Crippen molar-refractivity contribution in [3.8, 4) is 0 Å². The summed E-state index contributed by atoms with van der Waals surface area (Å²) in [4.78, 5) is 0. The van der Waals surface area contributed by atoms with Crippen LogP contribution in [-0.4, -0.2) is 4.57 Å². The minimum Gasteiger partial charge on any atom is -0.350 e. The van der Waals surface area contributed by atoms with Crippen molar-refractivity contribution in [1.82, 2.24) is 4.57 Å². The topological polar surface area (TPSA) is 4.93 Å². The maximum Gasteiger partial charge on any atom is 0.416 e. The highest BCUT2D eigenvalue weighted by molar-refractivity contribution is 5.84.